The van der Waals surface area contributed by atoms with Gasteiger partial charge in [-0.1, -0.05) is 34.8 Å². The summed E-state index contributed by atoms with van der Waals surface area (Å²) in [5.74, 6) is -0.393. The molecular formula is C10H7Cl3N2O2. The van der Waals surface area contributed by atoms with Gasteiger partial charge in [-0.05, 0) is 18.2 Å². The number of benzene rings is 1. The highest BCUT2D eigenvalue weighted by molar-refractivity contribution is 6.76. The topological polar surface area (TPSA) is 62.1 Å². The maximum atomic E-state index is 11.4. The van der Waals surface area contributed by atoms with Crippen LogP contribution in [0.2, 0.25) is 0 Å². The summed E-state index contributed by atoms with van der Waals surface area (Å²) in [6, 6.07) is 6.42. The summed E-state index contributed by atoms with van der Waals surface area (Å²) in [6.45, 7) is 0. The number of ether oxygens (including phenoxy) is 1. The highest BCUT2D eigenvalue weighted by atomic mass is 35.6. The quantitative estimate of drug-likeness (QED) is 0.853. The summed E-state index contributed by atoms with van der Waals surface area (Å²) in [7, 11) is 1.44. The first-order chi connectivity index (χ1) is 7.88. The van der Waals surface area contributed by atoms with Crippen LogP contribution < -0.4 is 10.1 Å². The van der Waals surface area contributed by atoms with E-state index in [2.05, 4.69) is 5.32 Å². The molecule has 7 heteroatoms. The largest absolute Gasteiger partial charge is 0.495 e. The van der Waals surface area contributed by atoms with Crippen molar-refractivity contribution in [1.82, 2.24) is 0 Å². The van der Waals surface area contributed by atoms with Crippen molar-refractivity contribution in [1.29, 1.82) is 5.26 Å². The second-order valence-corrected chi connectivity index (χ2v) is 5.26. The Labute approximate surface area is 113 Å². The number of carbonyl (C=O) groups is 1. The monoisotopic (exact) mass is 292 g/mol. The number of methoxy groups -OCH3 is 1. The second-order valence-electron chi connectivity index (χ2n) is 2.98. The Bertz CT molecular complexity index is 477. The molecule has 0 saturated carbocycles. The van der Waals surface area contributed by atoms with E-state index < -0.39 is 9.70 Å². The SMILES string of the molecule is COc1ccc(NC(=O)C(Cl)(Cl)Cl)cc1C#N. The molecule has 17 heavy (non-hydrogen) atoms. The van der Waals surface area contributed by atoms with E-state index in [-0.39, 0.29) is 5.56 Å². The first-order valence-electron chi connectivity index (χ1n) is 4.35. The number of anilines is 1. The Hall–Kier alpha value is -1.15. The summed E-state index contributed by atoms with van der Waals surface area (Å²) < 4.78 is 2.90. The van der Waals surface area contributed by atoms with Gasteiger partial charge in [0.1, 0.15) is 11.8 Å². The molecule has 0 heterocycles. The van der Waals surface area contributed by atoms with Gasteiger partial charge in [0.15, 0.2) is 0 Å². The minimum absolute atomic E-state index is 0.273. The molecule has 0 atom stereocenters. The molecule has 0 aliphatic rings. The van der Waals surface area contributed by atoms with Gasteiger partial charge in [0.2, 0.25) is 0 Å². The smallest absolute Gasteiger partial charge is 0.276 e. The summed E-state index contributed by atoms with van der Waals surface area (Å²) in [4.78, 5) is 11.4. The van der Waals surface area contributed by atoms with Crippen LogP contribution in [0.15, 0.2) is 18.2 Å². The van der Waals surface area contributed by atoms with E-state index in [0.29, 0.717) is 11.4 Å². The predicted octanol–water partition coefficient (Wildman–Crippen LogP) is 2.88. The van der Waals surface area contributed by atoms with Crippen LogP contribution in [0.4, 0.5) is 5.69 Å². The molecule has 4 nitrogen and oxygen atoms in total. The number of hydrogen-bond donors (Lipinski definition) is 1. The standard InChI is InChI=1S/C10H7Cl3N2O2/c1-17-8-3-2-7(4-6(8)5-14)15-9(16)10(11,12)13/h2-4H,1H3,(H,15,16). The lowest BCUT2D eigenvalue weighted by molar-refractivity contribution is -0.115. The number of nitrogens with one attached hydrogen (secondary N) is 1. The van der Waals surface area contributed by atoms with Gasteiger partial charge >= 0.3 is 0 Å². The van der Waals surface area contributed by atoms with Crippen molar-refractivity contribution in [3.05, 3.63) is 23.8 Å². The Balaban J connectivity index is 2.95. The zero-order chi connectivity index (χ0) is 13.1. The van der Waals surface area contributed by atoms with Crippen molar-refractivity contribution in [2.24, 2.45) is 0 Å². The molecule has 1 aromatic carbocycles. The number of nitriles is 1. The number of carbonyl (C=O) groups excluding carboxylic acids is 1. The molecule has 0 spiro atoms. The van der Waals surface area contributed by atoms with Gasteiger partial charge in [0.25, 0.3) is 9.70 Å². The van der Waals surface area contributed by atoms with Crippen molar-refractivity contribution >= 4 is 46.4 Å². The molecule has 0 fully saturated rings. The molecule has 1 aromatic rings. The molecule has 0 unspecified atom stereocenters. The van der Waals surface area contributed by atoms with E-state index in [1.165, 1.54) is 25.3 Å². The third kappa shape index (κ3) is 3.67. The number of rotatable bonds is 2. The molecule has 1 amide bonds. The Morgan fingerprint density at radius 1 is 1.47 bits per heavy atom. The Morgan fingerprint density at radius 3 is 2.59 bits per heavy atom. The molecule has 0 saturated heterocycles. The van der Waals surface area contributed by atoms with Crippen molar-refractivity contribution < 1.29 is 9.53 Å². The van der Waals surface area contributed by atoms with Crippen LogP contribution in [0, 0.1) is 11.3 Å². The van der Waals surface area contributed by atoms with E-state index in [1.54, 1.807) is 0 Å². The van der Waals surface area contributed by atoms with Gasteiger partial charge in [-0.2, -0.15) is 5.26 Å². The number of hydrogen-bond acceptors (Lipinski definition) is 3. The van der Waals surface area contributed by atoms with Gasteiger partial charge in [0, 0.05) is 5.69 Å². The van der Waals surface area contributed by atoms with Crippen molar-refractivity contribution in [3.8, 4) is 11.8 Å². The van der Waals surface area contributed by atoms with Gasteiger partial charge in [-0.3, -0.25) is 4.79 Å². The van der Waals surface area contributed by atoms with Gasteiger partial charge in [-0.25, -0.2) is 0 Å². The second kappa shape index (κ2) is 5.46. The minimum Gasteiger partial charge on any atom is -0.495 e. The number of alkyl halides is 3. The third-order valence-electron chi connectivity index (χ3n) is 1.84. The molecule has 0 aromatic heterocycles. The lowest BCUT2D eigenvalue weighted by atomic mass is 10.2. The minimum atomic E-state index is -2.05. The molecule has 0 aliphatic heterocycles. The molecule has 1 N–H and O–H groups in total. The van der Waals surface area contributed by atoms with Crippen LogP contribution in [0.3, 0.4) is 0 Å². The number of amides is 1. The highest BCUT2D eigenvalue weighted by Crippen LogP contribution is 2.28. The normalized spacial score (nSPS) is 10.5. The van der Waals surface area contributed by atoms with Crippen LogP contribution in [0.25, 0.3) is 0 Å². The fourth-order valence-corrected chi connectivity index (χ4v) is 1.22. The fourth-order valence-electron chi connectivity index (χ4n) is 1.08. The van der Waals surface area contributed by atoms with Gasteiger partial charge in [-0.15, -0.1) is 0 Å². The third-order valence-corrected chi connectivity index (χ3v) is 2.35. The van der Waals surface area contributed by atoms with Crippen LogP contribution in [0.1, 0.15) is 5.56 Å². The first-order valence-corrected chi connectivity index (χ1v) is 5.48. The number of halogens is 3. The average Bonchev–Trinajstić information content (AvgIpc) is 2.27. The zero-order valence-corrected chi connectivity index (χ0v) is 10.9. The first kappa shape index (κ1) is 13.9. The molecule has 1 rings (SSSR count). The molecule has 0 bridgehead atoms. The lowest BCUT2D eigenvalue weighted by Gasteiger charge is -2.12. The van der Waals surface area contributed by atoms with E-state index in [4.69, 9.17) is 44.8 Å². The van der Waals surface area contributed by atoms with Crippen LogP contribution in [-0.4, -0.2) is 16.8 Å². The van der Waals surface area contributed by atoms with Gasteiger partial charge < -0.3 is 10.1 Å². The summed E-state index contributed by atoms with van der Waals surface area (Å²) in [5.41, 5.74) is 0.619. The number of nitrogens with zero attached hydrogens (tertiary/aromatic N) is 1. The molecule has 0 aliphatic carbocycles. The summed E-state index contributed by atoms with van der Waals surface area (Å²) in [6.07, 6.45) is 0. The maximum absolute atomic E-state index is 11.4. The highest BCUT2D eigenvalue weighted by Gasteiger charge is 2.30. The predicted molar refractivity (Wildman–Crippen MR) is 66.6 cm³/mol. The summed E-state index contributed by atoms with van der Waals surface area (Å²) in [5, 5.41) is 11.2. The Kier molecular flexibility index (Phi) is 4.47. The maximum Gasteiger partial charge on any atom is 0.276 e. The summed E-state index contributed by atoms with van der Waals surface area (Å²) >= 11 is 16.2. The molecular weight excluding hydrogens is 286 g/mol. The van der Waals surface area contributed by atoms with Crippen molar-refractivity contribution in [2.75, 3.05) is 12.4 Å². The van der Waals surface area contributed by atoms with Crippen LogP contribution >= 0.6 is 34.8 Å². The van der Waals surface area contributed by atoms with E-state index in [1.807, 2.05) is 6.07 Å². The van der Waals surface area contributed by atoms with Crippen molar-refractivity contribution in [3.63, 3.8) is 0 Å². The Morgan fingerprint density at radius 2 is 2.12 bits per heavy atom. The van der Waals surface area contributed by atoms with E-state index in [9.17, 15) is 4.79 Å². The molecule has 90 valence electrons. The average molecular weight is 294 g/mol. The van der Waals surface area contributed by atoms with Crippen molar-refractivity contribution in [2.45, 2.75) is 3.79 Å². The zero-order valence-electron chi connectivity index (χ0n) is 8.63. The van der Waals surface area contributed by atoms with Crippen LogP contribution in [-0.2, 0) is 4.79 Å². The van der Waals surface area contributed by atoms with Crippen LogP contribution in [0.5, 0.6) is 5.75 Å². The van der Waals surface area contributed by atoms with Gasteiger partial charge in [0.05, 0.1) is 12.7 Å². The fraction of sp³-hybridized carbons (Fsp3) is 0.200. The molecule has 0 radical (unpaired) electrons. The van der Waals surface area contributed by atoms with E-state index in [0.717, 1.165) is 0 Å². The van der Waals surface area contributed by atoms with E-state index >= 15 is 0 Å². The lowest BCUT2D eigenvalue weighted by Crippen LogP contribution is -2.26.